The molecule has 0 saturated carbocycles. The number of piperidine rings is 2. The zero-order valence-corrected chi connectivity index (χ0v) is 15.1. The standard InChI is InChI=1S/C18H29N5O2/c1-2-19-15-6-9-20-17(21-15)23-10-3-7-18(14-23)8-5-16(25)22(13-18)11-4-12-24/h6,9,24H,2-5,7-8,10-14H2,1H3,(H,19,20,21)/t18-/m1/s1. The number of amides is 1. The zero-order chi connectivity index (χ0) is 17.7. The number of nitrogens with zero attached hydrogens (tertiary/aromatic N) is 4. The van der Waals surface area contributed by atoms with Crippen molar-refractivity contribution in [2.75, 3.05) is 49.5 Å². The molecule has 7 heteroatoms. The van der Waals surface area contributed by atoms with Crippen molar-refractivity contribution >= 4 is 17.7 Å². The number of aromatic nitrogens is 2. The highest BCUT2D eigenvalue weighted by Crippen LogP contribution is 2.39. The van der Waals surface area contributed by atoms with Crippen LogP contribution in [0.25, 0.3) is 0 Å². The van der Waals surface area contributed by atoms with Gasteiger partial charge in [0, 0.05) is 57.4 Å². The van der Waals surface area contributed by atoms with E-state index in [1.54, 1.807) is 6.20 Å². The predicted octanol–water partition coefficient (Wildman–Crippen LogP) is 1.50. The van der Waals surface area contributed by atoms with E-state index in [1.165, 1.54) is 0 Å². The molecular weight excluding hydrogens is 318 g/mol. The average molecular weight is 347 g/mol. The molecule has 138 valence electrons. The molecule has 3 rings (SSSR count). The van der Waals surface area contributed by atoms with Crippen LogP contribution in [0.15, 0.2) is 12.3 Å². The summed E-state index contributed by atoms with van der Waals surface area (Å²) in [5.41, 5.74) is 0.124. The van der Waals surface area contributed by atoms with Crippen molar-refractivity contribution in [2.24, 2.45) is 5.41 Å². The molecule has 1 amide bonds. The lowest BCUT2D eigenvalue weighted by atomic mass is 9.73. The lowest BCUT2D eigenvalue weighted by molar-refractivity contribution is -0.138. The second-order valence-corrected chi connectivity index (χ2v) is 7.19. The van der Waals surface area contributed by atoms with Crippen LogP contribution in [0.1, 0.15) is 39.0 Å². The molecule has 25 heavy (non-hydrogen) atoms. The summed E-state index contributed by atoms with van der Waals surface area (Å²) in [5.74, 6) is 1.86. The van der Waals surface area contributed by atoms with E-state index in [0.717, 1.165) is 57.2 Å². The summed E-state index contributed by atoms with van der Waals surface area (Å²) in [4.78, 5) is 25.5. The van der Waals surface area contributed by atoms with Gasteiger partial charge in [0.1, 0.15) is 5.82 Å². The summed E-state index contributed by atoms with van der Waals surface area (Å²) in [6.45, 7) is 6.32. The van der Waals surface area contributed by atoms with Crippen molar-refractivity contribution in [2.45, 2.75) is 39.0 Å². The summed E-state index contributed by atoms with van der Waals surface area (Å²) in [6.07, 6.45) is 6.23. The second-order valence-electron chi connectivity index (χ2n) is 7.19. The molecule has 2 aliphatic heterocycles. The van der Waals surface area contributed by atoms with E-state index in [-0.39, 0.29) is 17.9 Å². The SMILES string of the molecule is CCNc1ccnc(N2CCC[C@]3(CCC(=O)N(CCCO)C3)C2)n1. The van der Waals surface area contributed by atoms with Crippen molar-refractivity contribution in [1.29, 1.82) is 0 Å². The fraction of sp³-hybridized carbons (Fsp3) is 0.722. The Morgan fingerprint density at radius 1 is 1.36 bits per heavy atom. The van der Waals surface area contributed by atoms with Crippen LogP contribution in [0.2, 0.25) is 0 Å². The molecule has 1 aromatic heterocycles. The van der Waals surface area contributed by atoms with Crippen molar-refractivity contribution in [3.05, 3.63) is 12.3 Å². The molecule has 2 N–H and O–H groups in total. The van der Waals surface area contributed by atoms with Crippen molar-refractivity contribution < 1.29 is 9.90 Å². The highest BCUT2D eigenvalue weighted by molar-refractivity contribution is 5.77. The summed E-state index contributed by atoms with van der Waals surface area (Å²) < 4.78 is 0. The number of hydrogen-bond acceptors (Lipinski definition) is 6. The number of aliphatic hydroxyl groups is 1. The fourth-order valence-corrected chi connectivity index (χ4v) is 4.06. The Hall–Kier alpha value is -1.89. The molecule has 2 fully saturated rings. The van der Waals surface area contributed by atoms with Gasteiger partial charge in [0.2, 0.25) is 11.9 Å². The summed E-state index contributed by atoms with van der Waals surface area (Å²) in [6, 6.07) is 1.89. The van der Waals surface area contributed by atoms with E-state index < -0.39 is 0 Å². The maximum atomic E-state index is 12.2. The first-order valence-electron chi connectivity index (χ1n) is 9.36. The van der Waals surface area contributed by atoms with Gasteiger partial charge in [-0.2, -0.15) is 4.98 Å². The van der Waals surface area contributed by atoms with Crippen LogP contribution in [0, 0.1) is 5.41 Å². The Labute approximate surface area is 149 Å². The normalized spacial score (nSPS) is 24.0. The Kier molecular flexibility index (Phi) is 5.73. The van der Waals surface area contributed by atoms with Crippen molar-refractivity contribution in [3.63, 3.8) is 0 Å². The minimum absolute atomic E-state index is 0.124. The molecule has 1 spiro atoms. The predicted molar refractivity (Wildman–Crippen MR) is 97.6 cm³/mol. The van der Waals surface area contributed by atoms with Gasteiger partial charge in [0.25, 0.3) is 0 Å². The molecule has 3 heterocycles. The largest absolute Gasteiger partial charge is 0.396 e. The third-order valence-electron chi connectivity index (χ3n) is 5.28. The van der Waals surface area contributed by atoms with Gasteiger partial charge in [0.05, 0.1) is 0 Å². The maximum Gasteiger partial charge on any atom is 0.227 e. The highest BCUT2D eigenvalue weighted by Gasteiger charge is 2.42. The van der Waals surface area contributed by atoms with E-state index in [9.17, 15) is 4.79 Å². The van der Waals surface area contributed by atoms with Crippen molar-refractivity contribution in [3.8, 4) is 0 Å². The monoisotopic (exact) mass is 347 g/mol. The quantitative estimate of drug-likeness (QED) is 0.812. The van der Waals surface area contributed by atoms with E-state index in [2.05, 4.69) is 27.1 Å². The second kappa shape index (κ2) is 7.99. The zero-order valence-electron chi connectivity index (χ0n) is 15.1. The molecule has 0 aliphatic carbocycles. The van der Waals surface area contributed by atoms with Crippen LogP contribution >= 0.6 is 0 Å². The van der Waals surface area contributed by atoms with E-state index in [1.807, 2.05) is 11.0 Å². The van der Waals surface area contributed by atoms with Crippen LogP contribution in [-0.4, -0.2) is 65.2 Å². The third kappa shape index (κ3) is 4.21. The van der Waals surface area contributed by atoms with Crippen LogP contribution in [0.3, 0.4) is 0 Å². The molecule has 2 aliphatic rings. The Bertz CT molecular complexity index is 597. The lowest BCUT2D eigenvalue weighted by Gasteiger charge is -2.48. The number of rotatable bonds is 6. The summed E-state index contributed by atoms with van der Waals surface area (Å²) in [5, 5.41) is 12.3. The molecular formula is C18H29N5O2. The van der Waals surface area contributed by atoms with Gasteiger partial charge < -0.3 is 20.2 Å². The minimum Gasteiger partial charge on any atom is -0.396 e. The first kappa shape index (κ1) is 17.9. The first-order chi connectivity index (χ1) is 12.2. The number of carbonyl (C=O) groups excluding carboxylic acids is 1. The summed E-state index contributed by atoms with van der Waals surface area (Å²) >= 11 is 0. The molecule has 0 aromatic carbocycles. The average Bonchev–Trinajstić information content (AvgIpc) is 2.63. The van der Waals surface area contributed by atoms with Crippen LogP contribution in [-0.2, 0) is 4.79 Å². The number of nitrogens with one attached hydrogen (secondary N) is 1. The Balaban J connectivity index is 1.71. The van der Waals surface area contributed by atoms with Crippen LogP contribution in [0.4, 0.5) is 11.8 Å². The van der Waals surface area contributed by atoms with Gasteiger partial charge in [-0.3, -0.25) is 4.79 Å². The molecule has 0 bridgehead atoms. The molecule has 0 radical (unpaired) electrons. The van der Waals surface area contributed by atoms with Gasteiger partial charge in [-0.15, -0.1) is 0 Å². The van der Waals surface area contributed by atoms with Crippen LogP contribution < -0.4 is 10.2 Å². The minimum atomic E-state index is 0.124. The van der Waals surface area contributed by atoms with Crippen molar-refractivity contribution in [1.82, 2.24) is 14.9 Å². The van der Waals surface area contributed by atoms with Gasteiger partial charge in [-0.1, -0.05) is 0 Å². The van der Waals surface area contributed by atoms with E-state index in [0.29, 0.717) is 19.4 Å². The highest BCUT2D eigenvalue weighted by atomic mass is 16.3. The van der Waals surface area contributed by atoms with Crippen LogP contribution in [0.5, 0.6) is 0 Å². The van der Waals surface area contributed by atoms with Gasteiger partial charge in [0.15, 0.2) is 0 Å². The fourth-order valence-electron chi connectivity index (χ4n) is 4.06. The number of carbonyl (C=O) groups is 1. The van der Waals surface area contributed by atoms with E-state index in [4.69, 9.17) is 5.11 Å². The third-order valence-corrected chi connectivity index (χ3v) is 5.28. The summed E-state index contributed by atoms with van der Waals surface area (Å²) in [7, 11) is 0. The lowest BCUT2D eigenvalue weighted by Crippen LogP contribution is -2.54. The number of aliphatic hydroxyl groups excluding tert-OH is 1. The molecule has 7 nitrogen and oxygen atoms in total. The smallest absolute Gasteiger partial charge is 0.227 e. The molecule has 2 saturated heterocycles. The van der Waals surface area contributed by atoms with Gasteiger partial charge in [-0.05, 0) is 38.7 Å². The number of likely N-dealkylation sites (tertiary alicyclic amines) is 1. The number of anilines is 2. The molecule has 1 aromatic rings. The Morgan fingerprint density at radius 3 is 3.04 bits per heavy atom. The Morgan fingerprint density at radius 2 is 2.24 bits per heavy atom. The molecule has 1 atom stereocenters. The topological polar surface area (TPSA) is 81.6 Å². The van der Waals surface area contributed by atoms with E-state index >= 15 is 0 Å². The maximum absolute atomic E-state index is 12.2. The first-order valence-corrected chi connectivity index (χ1v) is 9.36. The number of hydrogen-bond donors (Lipinski definition) is 2. The van der Waals surface area contributed by atoms with Gasteiger partial charge >= 0.3 is 0 Å². The molecule has 0 unspecified atom stereocenters. The van der Waals surface area contributed by atoms with Gasteiger partial charge in [-0.25, -0.2) is 4.98 Å².